The van der Waals surface area contributed by atoms with Crippen LogP contribution in [0.5, 0.6) is 17.2 Å². The highest BCUT2D eigenvalue weighted by Crippen LogP contribution is 2.39. The minimum Gasteiger partial charge on any atom is -0.493 e. The van der Waals surface area contributed by atoms with Crippen LogP contribution in [0.25, 0.3) is 0 Å². The van der Waals surface area contributed by atoms with Crippen molar-refractivity contribution in [3.05, 3.63) is 17.7 Å². The highest BCUT2D eigenvalue weighted by atomic mass is 16.5. The average Bonchev–Trinajstić information content (AvgIpc) is 2.42. The van der Waals surface area contributed by atoms with Gasteiger partial charge in [-0.15, -0.1) is 0 Å². The highest BCUT2D eigenvalue weighted by molar-refractivity contribution is 5.76. The third-order valence-electron chi connectivity index (χ3n) is 2.77. The predicted octanol–water partition coefficient (Wildman–Crippen LogP) is 1.84. The average molecular weight is 283 g/mol. The predicted molar refractivity (Wildman–Crippen MR) is 74.7 cm³/mol. The van der Waals surface area contributed by atoms with Crippen molar-refractivity contribution in [2.45, 2.75) is 25.9 Å². The number of hydrogen-bond acceptors (Lipinski definition) is 5. The zero-order valence-corrected chi connectivity index (χ0v) is 12.4. The van der Waals surface area contributed by atoms with Crippen molar-refractivity contribution in [3.63, 3.8) is 0 Å². The van der Waals surface area contributed by atoms with Crippen molar-refractivity contribution >= 4 is 5.97 Å². The van der Waals surface area contributed by atoms with Gasteiger partial charge in [-0.2, -0.15) is 0 Å². The molecule has 0 aliphatic heterocycles. The van der Waals surface area contributed by atoms with Gasteiger partial charge in [0.15, 0.2) is 11.5 Å². The summed E-state index contributed by atoms with van der Waals surface area (Å²) in [4.78, 5) is 11.4. The van der Waals surface area contributed by atoms with Gasteiger partial charge in [0.05, 0.1) is 21.3 Å². The first-order chi connectivity index (χ1) is 9.44. The molecule has 0 bridgehead atoms. The Morgan fingerprint density at radius 3 is 1.90 bits per heavy atom. The lowest BCUT2D eigenvalue weighted by Gasteiger charge is -2.20. The molecule has 0 spiro atoms. The molecule has 20 heavy (non-hydrogen) atoms. The first-order valence-corrected chi connectivity index (χ1v) is 6.23. The van der Waals surface area contributed by atoms with E-state index in [-0.39, 0.29) is 6.04 Å². The fourth-order valence-electron chi connectivity index (χ4n) is 1.91. The molecule has 0 heterocycles. The molecular weight excluding hydrogens is 262 g/mol. The lowest BCUT2D eigenvalue weighted by Crippen LogP contribution is -2.33. The van der Waals surface area contributed by atoms with E-state index < -0.39 is 12.0 Å². The van der Waals surface area contributed by atoms with E-state index in [4.69, 9.17) is 14.2 Å². The summed E-state index contributed by atoms with van der Waals surface area (Å²) in [5.41, 5.74) is 0.542. The number of carboxylic acid groups (broad SMARTS) is 1. The number of benzene rings is 1. The number of carbonyl (C=O) groups is 1. The Hall–Kier alpha value is -1.95. The van der Waals surface area contributed by atoms with Gasteiger partial charge in [0, 0.05) is 6.04 Å². The van der Waals surface area contributed by atoms with Crippen LogP contribution in [0.1, 0.15) is 25.5 Å². The standard InChI is InChI=1S/C14H21NO5/c1-8(2)15-12(14(16)17)9-6-10(18-3)13(20-5)11(7-9)19-4/h6-8,12,15H,1-5H3,(H,16,17). The molecule has 1 unspecified atom stereocenters. The van der Waals surface area contributed by atoms with E-state index in [2.05, 4.69) is 5.32 Å². The number of hydrogen-bond donors (Lipinski definition) is 2. The molecule has 112 valence electrons. The monoisotopic (exact) mass is 283 g/mol. The molecule has 6 heteroatoms. The van der Waals surface area contributed by atoms with Crippen LogP contribution in [0, 0.1) is 0 Å². The van der Waals surface area contributed by atoms with Gasteiger partial charge >= 0.3 is 5.97 Å². The molecule has 1 aromatic carbocycles. The Bertz CT molecular complexity index is 448. The summed E-state index contributed by atoms with van der Waals surface area (Å²) in [5.74, 6) is 0.331. The maximum Gasteiger partial charge on any atom is 0.325 e. The minimum atomic E-state index is -0.965. The Morgan fingerprint density at radius 1 is 1.10 bits per heavy atom. The van der Waals surface area contributed by atoms with Gasteiger partial charge in [-0.1, -0.05) is 0 Å². The first-order valence-electron chi connectivity index (χ1n) is 6.23. The van der Waals surface area contributed by atoms with Crippen LogP contribution in [0.15, 0.2) is 12.1 Å². The molecule has 2 N–H and O–H groups in total. The minimum absolute atomic E-state index is 0.0233. The molecular formula is C14H21NO5. The summed E-state index contributed by atoms with van der Waals surface area (Å²) in [6.07, 6.45) is 0. The Morgan fingerprint density at radius 2 is 1.60 bits per heavy atom. The number of nitrogens with one attached hydrogen (secondary N) is 1. The zero-order valence-electron chi connectivity index (χ0n) is 12.4. The van der Waals surface area contributed by atoms with Crippen molar-refractivity contribution in [1.29, 1.82) is 0 Å². The van der Waals surface area contributed by atoms with Gasteiger partial charge < -0.3 is 19.3 Å². The Kier molecular flexibility index (Phi) is 5.64. The van der Waals surface area contributed by atoms with Crippen LogP contribution >= 0.6 is 0 Å². The van der Waals surface area contributed by atoms with Gasteiger partial charge in [0.25, 0.3) is 0 Å². The topological polar surface area (TPSA) is 77.0 Å². The molecule has 0 aromatic heterocycles. The number of methoxy groups -OCH3 is 3. The van der Waals surface area contributed by atoms with Crippen molar-refractivity contribution in [3.8, 4) is 17.2 Å². The quantitative estimate of drug-likeness (QED) is 0.795. The smallest absolute Gasteiger partial charge is 0.325 e. The fraction of sp³-hybridized carbons (Fsp3) is 0.500. The van der Waals surface area contributed by atoms with Crippen molar-refractivity contribution in [2.24, 2.45) is 0 Å². The highest BCUT2D eigenvalue weighted by Gasteiger charge is 2.24. The second-order valence-corrected chi connectivity index (χ2v) is 4.55. The van der Waals surface area contributed by atoms with E-state index >= 15 is 0 Å². The summed E-state index contributed by atoms with van der Waals surface area (Å²) in [7, 11) is 4.49. The van der Waals surface area contributed by atoms with Crippen LogP contribution in [-0.4, -0.2) is 38.4 Å². The van der Waals surface area contributed by atoms with E-state index in [1.54, 1.807) is 12.1 Å². The van der Waals surface area contributed by atoms with Crippen molar-refractivity contribution < 1.29 is 24.1 Å². The largest absolute Gasteiger partial charge is 0.493 e. The summed E-state index contributed by atoms with van der Waals surface area (Å²) in [5, 5.41) is 12.3. The van der Waals surface area contributed by atoms with Gasteiger partial charge in [-0.25, -0.2) is 0 Å². The van der Waals surface area contributed by atoms with E-state index in [0.717, 1.165) is 0 Å². The van der Waals surface area contributed by atoms with Crippen LogP contribution < -0.4 is 19.5 Å². The lowest BCUT2D eigenvalue weighted by atomic mass is 10.0. The number of rotatable bonds is 7. The second kappa shape index (κ2) is 7.00. The number of ether oxygens (including phenoxy) is 3. The normalized spacial score (nSPS) is 12.1. The van der Waals surface area contributed by atoms with Crippen molar-refractivity contribution in [1.82, 2.24) is 5.32 Å². The van der Waals surface area contributed by atoms with Gasteiger partial charge in [-0.05, 0) is 31.5 Å². The molecule has 1 atom stereocenters. The number of aliphatic carboxylic acids is 1. The Labute approximate surface area is 118 Å². The summed E-state index contributed by atoms with van der Waals surface area (Å²) >= 11 is 0. The van der Waals surface area contributed by atoms with E-state index in [1.807, 2.05) is 13.8 Å². The lowest BCUT2D eigenvalue weighted by molar-refractivity contribution is -0.139. The molecule has 0 saturated heterocycles. The molecule has 0 saturated carbocycles. The van der Waals surface area contributed by atoms with Crippen molar-refractivity contribution in [2.75, 3.05) is 21.3 Å². The van der Waals surface area contributed by atoms with Crippen LogP contribution in [0.2, 0.25) is 0 Å². The molecule has 0 radical (unpaired) electrons. The third kappa shape index (κ3) is 3.54. The van der Waals surface area contributed by atoms with Crippen LogP contribution in [0.4, 0.5) is 0 Å². The van der Waals surface area contributed by atoms with Crippen LogP contribution in [-0.2, 0) is 4.79 Å². The zero-order chi connectivity index (χ0) is 15.3. The van der Waals surface area contributed by atoms with Gasteiger partial charge in [0.1, 0.15) is 6.04 Å². The first kappa shape index (κ1) is 16.1. The molecule has 0 aliphatic rings. The van der Waals surface area contributed by atoms with Gasteiger partial charge in [0.2, 0.25) is 5.75 Å². The summed E-state index contributed by atoms with van der Waals surface area (Å²) in [6.45, 7) is 3.77. The SMILES string of the molecule is COc1cc(C(NC(C)C)C(=O)O)cc(OC)c1OC. The summed E-state index contributed by atoms with van der Waals surface area (Å²) in [6, 6.07) is 2.45. The fourth-order valence-corrected chi connectivity index (χ4v) is 1.91. The Balaban J connectivity index is 3.32. The van der Waals surface area contributed by atoms with E-state index in [1.165, 1.54) is 21.3 Å². The maximum absolute atomic E-state index is 11.4. The van der Waals surface area contributed by atoms with E-state index in [0.29, 0.717) is 22.8 Å². The molecule has 1 aromatic rings. The van der Waals surface area contributed by atoms with E-state index in [9.17, 15) is 9.90 Å². The van der Waals surface area contributed by atoms with Gasteiger partial charge in [-0.3, -0.25) is 10.1 Å². The molecule has 1 rings (SSSR count). The summed E-state index contributed by atoms with van der Waals surface area (Å²) < 4.78 is 15.7. The third-order valence-corrected chi connectivity index (χ3v) is 2.77. The maximum atomic E-state index is 11.4. The molecule has 0 fully saturated rings. The molecule has 0 amide bonds. The number of carboxylic acids is 1. The van der Waals surface area contributed by atoms with Crippen LogP contribution in [0.3, 0.4) is 0 Å². The molecule has 0 aliphatic carbocycles. The molecule has 6 nitrogen and oxygen atoms in total. The second-order valence-electron chi connectivity index (χ2n) is 4.55.